The van der Waals surface area contributed by atoms with Gasteiger partial charge in [-0.2, -0.15) is 0 Å². The van der Waals surface area contributed by atoms with Crippen molar-refractivity contribution in [2.24, 2.45) is 16.5 Å². The number of fused-ring (bicyclic) bond motifs is 2. The molecule has 2 aromatic rings. The van der Waals surface area contributed by atoms with Gasteiger partial charge in [0.25, 0.3) is 0 Å². The normalized spacial score (nSPS) is 31.7. The van der Waals surface area contributed by atoms with E-state index in [1.54, 1.807) is 7.11 Å². The Hall–Kier alpha value is -2.13. The second kappa shape index (κ2) is 7.12. The van der Waals surface area contributed by atoms with E-state index in [1.807, 2.05) is 0 Å². The Labute approximate surface area is 162 Å². The Kier molecular flexibility index (Phi) is 4.81. The van der Waals surface area contributed by atoms with Crippen molar-refractivity contribution in [2.75, 3.05) is 7.11 Å². The number of aryl methyl sites for hydroxylation is 2. The molecular weight excluding hydrogens is 332 g/mol. The molecule has 0 spiro atoms. The van der Waals surface area contributed by atoms with Crippen molar-refractivity contribution in [3.63, 3.8) is 0 Å². The summed E-state index contributed by atoms with van der Waals surface area (Å²) >= 11 is 0. The van der Waals surface area contributed by atoms with Crippen molar-refractivity contribution in [2.45, 2.75) is 52.1 Å². The van der Waals surface area contributed by atoms with Crippen molar-refractivity contribution >= 4 is 5.71 Å². The van der Waals surface area contributed by atoms with Gasteiger partial charge in [-0.15, -0.1) is 0 Å². The minimum absolute atomic E-state index is 0.0236. The van der Waals surface area contributed by atoms with Crippen molar-refractivity contribution in [3.05, 3.63) is 70.8 Å². The first kappa shape index (κ1) is 18.2. The number of rotatable bonds is 3. The van der Waals surface area contributed by atoms with Gasteiger partial charge in [-0.05, 0) is 48.9 Å². The van der Waals surface area contributed by atoms with Gasteiger partial charge in [0.1, 0.15) is 7.11 Å². The van der Waals surface area contributed by atoms with Gasteiger partial charge in [-0.1, -0.05) is 67.0 Å². The molecule has 4 rings (SSSR count). The maximum absolute atomic E-state index is 5.37. The van der Waals surface area contributed by atoms with Crippen LogP contribution in [0.15, 0.2) is 53.7 Å². The maximum Gasteiger partial charge on any atom is 0.106 e. The second-order valence-electron chi connectivity index (χ2n) is 8.37. The van der Waals surface area contributed by atoms with Crippen molar-refractivity contribution in [1.29, 1.82) is 0 Å². The fourth-order valence-corrected chi connectivity index (χ4v) is 5.33. The van der Waals surface area contributed by atoms with E-state index in [-0.39, 0.29) is 17.5 Å². The lowest BCUT2D eigenvalue weighted by atomic mass is 9.58. The van der Waals surface area contributed by atoms with Gasteiger partial charge in [-0.25, -0.2) is 0 Å². The fraction of sp³-hybridized carbons (Fsp3) is 0.458. The van der Waals surface area contributed by atoms with Crippen LogP contribution in [-0.2, 0) is 4.84 Å². The molecule has 3 heteroatoms. The maximum atomic E-state index is 5.37. The molecule has 2 aliphatic rings. The number of hydrogen-bond acceptors (Lipinski definition) is 3. The number of piperidine rings is 1. The van der Waals surface area contributed by atoms with Gasteiger partial charge in [0.15, 0.2) is 0 Å². The Morgan fingerprint density at radius 1 is 1.00 bits per heavy atom. The van der Waals surface area contributed by atoms with E-state index in [9.17, 15) is 0 Å². The zero-order chi connectivity index (χ0) is 19.0. The van der Waals surface area contributed by atoms with Crippen LogP contribution in [0.3, 0.4) is 0 Å². The van der Waals surface area contributed by atoms with Gasteiger partial charge < -0.3 is 10.2 Å². The van der Waals surface area contributed by atoms with E-state index in [0.717, 1.165) is 12.8 Å². The minimum atomic E-state index is -0.0236. The number of hydrogen-bond donors (Lipinski definition) is 1. The Morgan fingerprint density at radius 2 is 1.63 bits per heavy atom. The number of oxime groups is 1. The summed E-state index contributed by atoms with van der Waals surface area (Å²) < 4.78 is 0. The average molecular weight is 363 g/mol. The van der Waals surface area contributed by atoms with E-state index in [4.69, 9.17) is 4.84 Å². The largest absolute Gasteiger partial charge is 0.399 e. The third kappa shape index (κ3) is 2.98. The molecule has 142 valence electrons. The zero-order valence-electron chi connectivity index (χ0n) is 16.8. The van der Waals surface area contributed by atoms with E-state index in [0.29, 0.717) is 5.92 Å². The quantitative estimate of drug-likeness (QED) is 0.732. The van der Waals surface area contributed by atoms with Crippen molar-refractivity contribution in [3.8, 4) is 0 Å². The highest BCUT2D eigenvalue weighted by atomic mass is 16.6. The lowest BCUT2D eigenvalue weighted by molar-refractivity contribution is 0.134. The molecule has 4 atom stereocenters. The van der Waals surface area contributed by atoms with Crippen LogP contribution >= 0.6 is 0 Å². The number of nitrogens with one attached hydrogen (secondary N) is 1. The topological polar surface area (TPSA) is 33.6 Å². The monoisotopic (exact) mass is 362 g/mol. The molecule has 27 heavy (non-hydrogen) atoms. The van der Waals surface area contributed by atoms with Crippen molar-refractivity contribution < 1.29 is 4.84 Å². The molecule has 2 bridgehead atoms. The summed E-state index contributed by atoms with van der Waals surface area (Å²) in [6.07, 6.45) is 3.53. The fourth-order valence-electron chi connectivity index (χ4n) is 5.33. The third-order valence-electron chi connectivity index (χ3n) is 6.75. The van der Waals surface area contributed by atoms with Gasteiger partial charge in [0, 0.05) is 23.4 Å². The molecule has 1 N–H and O–H groups in total. The standard InChI is InChI=1S/C24H30N2O/c1-16-10-5-7-12-18(16)21-20-14-9-15-24(3,23(20)26-27-4)22(25-21)19-13-8-6-11-17(19)2/h5-8,10-13,20-22,25H,9,14-15H2,1-4H3/b26-23+. The van der Waals surface area contributed by atoms with E-state index >= 15 is 0 Å². The SMILES string of the molecule is CO/N=C1\C2CCCC1(C)C(c1ccccc1C)NC2c1ccccc1C. The zero-order valence-corrected chi connectivity index (χ0v) is 16.8. The van der Waals surface area contributed by atoms with Crippen LogP contribution < -0.4 is 5.32 Å². The smallest absolute Gasteiger partial charge is 0.106 e. The Balaban J connectivity index is 1.88. The van der Waals surface area contributed by atoms with Crippen LogP contribution in [0.4, 0.5) is 0 Å². The van der Waals surface area contributed by atoms with Gasteiger partial charge in [0.05, 0.1) is 5.71 Å². The number of benzene rings is 2. The highest BCUT2D eigenvalue weighted by Crippen LogP contribution is 2.54. The van der Waals surface area contributed by atoms with Crippen LogP contribution in [0.5, 0.6) is 0 Å². The second-order valence-corrected chi connectivity index (χ2v) is 8.37. The first-order valence-electron chi connectivity index (χ1n) is 10.0. The first-order chi connectivity index (χ1) is 13.1. The van der Waals surface area contributed by atoms with E-state index in [2.05, 4.69) is 79.8 Å². The van der Waals surface area contributed by atoms with E-state index in [1.165, 1.54) is 34.4 Å². The van der Waals surface area contributed by atoms with Gasteiger partial charge in [0.2, 0.25) is 0 Å². The molecule has 1 aliphatic carbocycles. The van der Waals surface area contributed by atoms with Crippen LogP contribution in [0.2, 0.25) is 0 Å². The predicted molar refractivity (Wildman–Crippen MR) is 111 cm³/mol. The van der Waals surface area contributed by atoms with Crippen LogP contribution in [0.1, 0.15) is 60.5 Å². The van der Waals surface area contributed by atoms with Gasteiger partial charge in [-0.3, -0.25) is 0 Å². The molecule has 0 aromatic heterocycles. The molecule has 1 saturated carbocycles. The first-order valence-corrected chi connectivity index (χ1v) is 10.0. The molecule has 0 radical (unpaired) electrons. The molecule has 2 aromatic carbocycles. The summed E-state index contributed by atoms with van der Waals surface area (Å²) in [5.74, 6) is 0.380. The third-order valence-corrected chi connectivity index (χ3v) is 6.75. The van der Waals surface area contributed by atoms with Gasteiger partial charge >= 0.3 is 0 Å². The molecule has 2 fully saturated rings. The molecule has 4 unspecified atom stereocenters. The Morgan fingerprint density at radius 3 is 2.26 bits per heavy atom. The minimum Gasteiger partial charge on any atom is -0.399 e. The summed E-state index contributed by atoms with van der Waals surface area (Å²) in [6, 6.07) is 18.0. The molecule has 1 heterocycles. The van der Waals surface area contributed by atoms with Crippen molar-refractivity contribution in [1.82, 2.24) is 5.32 Å². The van der Waals surface area contributed by atoms with E-state index < -0.39 is 0 Å². The van der Waals surface area contributed by atoms with Crippen LogP contribution in [0, 0.1) is 25.2 Å². The van der Waals surface area contributed by atoms with Crippen LogP contribution in [-0.4, -0.2) is 12.8 Å². The Bertz CT molecular complexity index is 859. The molecule has 1 aliphatic heterocycles. The summed E-state index contributed by atoms with van der Waals surface area (Å²) in [7, 11) is 1.68. The summed E-state index contributed by atoms with van der Waals surface area (Å²) in [6.45, 7) is 6.80. The highest BCUT2D eigenvalue weighted by Gasteiger charge is 2.53. The molecule has 3 nitrogen and oxygen atoms in total. The summed E-state index contributed by atoms with van der Waals surface area (Å²) in [4.78, 5) is 5.37. The van der Waals surface area contributed by atoms with Crippen LogP contribution in [0.25, 0.3) is 0 Å². The summed E-state index contributed by atoms with van der Waals surface area (Å²) in [5.41, 5.74) is 6.64. The average Bonchev–Trinajstić information content (AvgIpc) is 2.65. The molecular formula is C24H30N2O. The molecule has 1 saturated heterocycles. The number of nitrogens with zero attached hydrogens (tertiary/aromatic N) is 1. The highest BCUT2D eigenvalue weighted by molar-refractivity contribution is 5.94. The summed E-state index contributed by atoms with van der Waals surface area (Å²) in [5, 5.41) is 8.69. The molecule has 0 amide bonds. The lowest BCUT2D eigenvalue weighted by Crippen LogP contribution is -2.56. The lowest BCUT2D eigenvalue weighted by Gasteiger charge is -2.53. The predicted octanol–water partition coefficient (Wildman–Crippen LogP) is 5.50.